The minimum Gasteiger partial charge on any atom is -0.326 e. The molecule has 0 atom stereocenters. The van der Waals surface area contributed by atoms with Crippen LogP contribution in [0, 0.1) is 0 Å². The molecule has 1 saturated carbocycles. The Balaban J connectivity index is 1.85. The lowest BCUT2D eigenvalue weighted by molar-refractivity contribution is 0.351. The van der Waals surface area contributed by atoms with Crippen molar-refractivity contribution < 1.29 is 8.42 Å². The van der Waals surface area contributed by atoms with Crippen LogP contribution in [0.5, 0.6) is 0 Å². The monoisotopic (exact) mass is 278 g/mol. The van der Waals surface area contributed by atoms with Crippen LogP contribution in [0.2, 0.25) is 0 Å². The molecule has 1 aliphatic heterocycles. The maximum absolute atomic E-state index is 12.4. The second kappa shape index (κ2) is 4.74. The summed E-state index contributed by atoms with van der Waals surface area (Å²) in [5.41, 5.74) is 7.32. The van der Waals surface area contributed by atoms with Crippen LogP contribution in [0.1, 0.15) is 30.4 Å². The Morgan fingerprint density at radius 2 is 2.11 bits per heavy atom. The van der Waals surface area contributed by atoms with Crippen molar-refractivity contribution in [2.24, 2.45) is 5.73 Å². The molecule has 0 aromatic heterocycles. The van der Waals surface area contributed by atoms with E-state index < -0.39 is 9.84 Å². The lowest BCUT2D eigenvalue weighted by atomic mass is 9.93. The average molecular weight is 278 g/mol. The number of nitrogens with one attached hydrogen (secondary N) is 1. The van der Waals surface area contributed by atoms with Crippen molar-refractivity contribution in [2.45, 2.75) is 36.7 Å². The van der Waals surface area contributed by atoms with E-state index in [1.54, 1.807) is 18.2 Å². The summed E-state index contributed by atoms with van der Waals surface area (Å²) in [6.45, 7) is 0.858. The molecule has 19 heavy (non-hydrogen) atoms. The van der Waals surface area contributed by atoms with Crippen LogP contribution in [0.4, 0.5) is 0 Å². The molecule has 1 aliphatic carbocycles. The Kier molecular flexibility index (Phi) is 3.20. The molecule has 1 aromatic rings. The van der Waals surface area contributed by atoms with Crippen LogP contribution in [-0.4, -0.2) is 21.0 Å². The fourth-order valence-corrected chi connectivity index (χ4v) is 3.99. The zero-order valence-electron chi connectivity index (χ0n) is 10.7. The Morgan fingerprint density at radius 1 is 1.32 bits per heavy atom. The highest BCUT2D eigenvalue weighted by molar-refractivity contribution is 7.95. The Bertz CT molecular complexity index is 631. The zero-order chi connectivity index (χ0) is 13.5. The lowest BCUT2D eigenvalue weighted by Gasteiger charge is -2.26. The fourth-order valence-electron chi connectivity index (χ4n) is 2.48. The van der Waals surface area contributed by atoms with Gasteiger partial charge in [-0.3, -0.25) is 0 Å². The SMILES string of the molecule is NCc1ccc2c(c1)C=C(CNC1CCC1)S2(=O)=O. The van der Waals surface area contributed by atoms with Gasteiger partial charge in [0.05, 0.1) is 9.80 Å². The summed E-state index contributed by atoms with van der Waals surface area (Å²) in [6, 6.07) is 5.80. The summed E-state index contributed by atoms with van der Waals surface area (Å²) < 4.78 is 24.7. The Labute approximate surface area is 113 Å². The Hall–Kier alpha value is -1.17. The summed E-state index contributed by atoms with van der Waals surface area (Å²) in [5, 5.41) is 3.31. The van der Waals surface area contributed by atoms with Crippen LogP contribution in [-0.2, 0) is 16.4 Å². The summed E-state index contributed by atoms with van der Waals surface area (Å²) in [4.78, 5) is 0.888. The fraction of sp³-hybridized carbons (Fsp3) is 0.429. The number of fused-ring (bicyclic) bond motifs is 1. The molecule has 4 nitrogen and oxygen atoms in total. The van der Waals surface area contributed by atoms with Crippen LogP contribution in [0.25, 0.3) is 6.08 Å². The van der Waals surface area contributed by atoms with E-state index in [9.17, 15) is 8.42 Å². The highest BCUT2D eigenvalue weighted by Crippen LogP contribution is 2.33. The second-order valence-corrected chi connectivity index (χ2v) is 7.17. The molecule has 102 valence electrons. The van der Waals surface area contributed by atoms with Crippen LogP contribution >= 0.6 is 0 Å². The van der Waals surface area contributed by atoms with Crippen LogP contribution in [0.15, 0.2) is 28.0 Å². The normalized spacial score (nSPS) is 20.8. The van der Waals surface area contributed by atoms with Crippen molar-refractivity contribution in [3.05, 3.63) is 34.2 Å². The molecule has 2 aliphatic rings. The minimum atomic E-state index is -3.29. The second-order valence-electron chi connectivity index (χ2n) is 5.20. The predicted octanol–water partition coefficient (Wildman–Crippen LogP) is 1.42. The molecule has 3 rings (SSSR count). The van der Waals surface area contributed by atoms with Crippen molar-refractivity contribution in [2.75, 3.05) is 6.54 Å². The quantitative estimate of drug-likeness (QED) is 0.873. The molecular weight excluding hydrogens is 260 g/mol. The van der Waals surface area contributed by atoms with Crippen molar-refractivity contribution in [3.8, 4) is 0 Å². The molecule has 0 spiro atoms. The van der Waals surface area contributed by atoms with E-state index >= 15 is 0 Å². The number of rotatable bonds is 4. The molecule has 0 saturated heterocycles. The Morgan fingerprint density at radius 3 is 2.74 bits per heavy atom. The first-order valence-corrected chi connectivity index (χ1v) is 8.11. The standard InChI is InChI=1S/C14H18N2O2S/c15-8-10-4-5-14-11(6-10)7-13(19(14,17)18)9-16-12-2-1-3-12/h4-7,12,16H,1-3,8-9,15H2. The largest absolute Gasteiger partial charge is 0.326 e. The predicted molar refractivity (Wildman–Crippen MR) is 75.1 cm³/mol. The molecule has 0 amide bonds. The highest BCUT2D eigenvalue weighted by atomic mass is 32.2. The van der Waals surface area contributed by atoms with Gasteiger partial charge in [0, 0.05) is 19.1 Å². The smallest absolute Gasteiger partial charge is 0.204 e. The average Bonchev–Trinajstić information content (AvgIpc) is 2.59. The van der Waals surface area contributed by atoms with E-state index in [-0.39, 0.29) is 0 Å². The number of nitrogens with two attached hydrogens (primary N) is 1. The molecule has 1 heterocycles. The van der Waals surface area contributed by atoms with Gasteiger partial charge in [0.15, 0.2) is 0 Å². The highest BCUT2D eigenvalue weighted by Gasteiger charge is 2.30. The van der Waals surface area contributed by atoms with E-state index in [0.29, 0.717) is 28.9 Å². The third kappa shape index (κ3) is 2.22. The van der Waals surface area contributed by atoms with E-state index in [1.165, 1.54) is 6.42 Å². The number of sulfone groups is 1. The molecule has 3 N–H and O–H groups in total. The van der Waals surface area contributed by atoms with Crippen molar-refractivity contribution in [1.29, 1.82) is 0 Å². The first kappa shape index (κ1) is 12.8. The summed E-state index contributed by atoms with van der Waals surface area (Å²) >= 11 is 0. The summed E-state index contributed by atoms with van der Waals surface area (Å²) in [5.74, 6) is 0. The summed E-state index contributed by atoms with van der Waals surface area (Å²) in [7, 11) is -3.29. The van der Waals surface area contributed by atoms with E-state index in [0.717, 1.165) is 24.0 Å². The third-order valence-electron chi connectivity index (χ3n) is 3.93. The van der Waals surface area contributed by atoms with Gasteiger partial charge >= 0.3 is 0 Å². The topological polar surface area (TPSA) is 72.2 Å². The van der Waals surface area contributed by atoms with Gasteiger partial charge in [0.2, 0.25) is 9.84 Å². The number of benzene rings is 1. The molecule has 0 bridgehead atoms. The van der Waals surface area contributed by atoms with Gasteiger partial charge in [0.1, 0.15) is 0 Å². The van der Waals surface area contributed by atoms with Gasteiger partial charge in [-0.1, -0.05) is 12.5 Å². The maximum atomic E-state index is 12.4. The first-order valence-electron chi connectivity index (χ1n) is 6.63. The number of hydrogen-bond acceptors (Lipinski definition) is 4. The molecule has 5 heteroatoms. The van der Waals surface area contributed by atoms with Crippen LogP contribution in [0.3, 0.4) is 0 Å². The molecule has 0 radical (unpaired) electrons. The van der Waals surface area contributed by atoms with Crippen molar-refractivity contribution in [1.82, 2.24) is 5.32 Å². The lowest BCUT2D eigenvalue weighted by Crippen LogP contribution is -2.36. The molecular formula is C14H18N2O2S. The first-order chi connectivity index (χ1) is 9.11. The third-order valence-corrected chi connectivity index (χ3v) is 5.83. The van der Waals surface area contributed by atoms with Gasteiger partial charge in [-0.15, -0.1) is 0 Å². The summed E-state index contributed by atoms with van der Waals surface area (Å²) in [6.07, 6.45) is 5.31. The minimum absolute atomic E-state index is 0.412. The van der Waals surface area contributed by atoms with Crippen LogP contribution < -0.4 is 11.1 Å². The maximum Gasteiger partial charge on any atom is 0.204 e. The van der Waals surface area contributed by atoms with Gasteiger partial charge in [0.25, 0.3) is 0 Å². The van der Waals surface area contributed by atoms with E-state index in [1.807, 2.05) is 6.07 Å². The molecule has 1 fully saturated rings. The van der Waals surface area contributed by atoms with Gasteiger partial charge in [-0.25, -0.2) is 8.42 Å². The zero-order valence-corrected chi connectivity index (χ0v) is 11.5. The van der Waals surface area contributed by atoms with Crippen molar-refractivity contribution in [3.63, 3.8) is 0 Å². The molecule has 1 aromatic carbocycles. The van der Waals surface area contributed by atoms with E-state index in [4.69, 9.17) is 5.73 Å². The number of hydrogen-bond donors (Lipinski definition) is 2. The van der Waals surface area contributed by atoms with Gasteiger partial charge in [-0.2, -0.15) is 0 Å². The molecule has 0 unspecified atom stereocenters. The van der Waals surface area contributed by atoms with Gasteiger partial charge in [-0.05, 0) is 42.2 Å². The van der Waals surface area contributed by atoms with Crippen molar-refractivity contribution >= 4 is 15.9 Å². The van der Waals surface area contributed by atoms with E-state index in [2.05, 4.69) is 5.32 Å². The van der Waals surface area contributed by atoms with Gasteiger partial charge < -0.3 is 11.1 Å².